The quantitative estimate of drug-likeness (QED) is 0.701. The molecular formula is C22H34N2OS. The third kappa shape index (κ3) is 6.31. The molecule has 0 spiro atoms. The first-order valence-corrected chi connectivity index (χ1v) is 11.5. The Morgan fingerprint density at radius 3 is 2.46 bits per heavy atom. The zero-order chi connectivity index (χ0) is 18.2. The Bertz CT molecular complexity index is 546. The molecule has 0 unspecified atom stereocenters. The molecular weight excluding hydrogens is 340 g/mol. The van der Waals surface area contributed by atoms with Crippen LogP contribution in [0, 0.1) is 5.92 Å². The van der Waals surface area contributed by atoms with Crippen molar-refractivity contribution in [3.05, 3.63) is 35.4 Å². The number of benzene rings is 1. The Labute approximate surface area is 163 Å². The first-order valence-electron chi connectivity index (χ1n) is 10.4. The molecule has 1 saturated carbocycles. The van der Waals surface area contributed by atoms with Gasteiger partial charge in [-0.25, -0.2) is 0 Å². The summed E-state index contributed by atoms with van der Waals surface area (Å²) < 4.78 is 0. The molecule has 1 aliphatic carbocycles. The van der Waals surface area contributed by atoms with Crippen LogP contribution in [0.1, 0.15) is 67.8 Å². The van der Waals surface area contributed by atoms with E-state index in [0.29, 0.717) is 0 Å². The molecule has 1 heterocycles. The van der Waals surface area contributed by atoms with E-state index in [1.54, 1.807) is 0 Å². The number of nitrogens with zero attached hydrogens (tertiary/aromatic N) is 1. The maximum Gasteiger partial charge on any atom is 0.251 e. The Hall–Kier alpha value is -1.00. The number of carbonyl (C=O) groups excluding carboxylic acids is 1. The van der Waals surface area contributed by atoms with Gasteiger partial charge in [0.25, 0.3) is 5.91 Å². The average molecular weight is 375 g/mol. The van der Waals surface area contributed by atoms with Gasteiger partial charge >= 0.3 is 0 Å². The monoisotopic (exact) mass is 374 g/mol. The molecule has 1 saturated heterocycles. The van der Waals surface area contributed by atoms with Crippen molar-refractivity contribution in [3.63, 3.8) is 0 Å². The largest absolute Gasteiger partial charge is 0.351 e. The lowest BCUT2D eigenvalue weighted by atomic mass is 9.99. The normalized spacial score (nSPS) is 20.2. The number of rotatable bonds is 7. The van der Waals surface area contributed by atoms with E-state index in [9.17, 15) is 4.79 Å². The molecule has 4 heteroatoms. The summed E-state index contributed by atoms with van der Waals surface area (Å²) >= 11 is 2.04. The molecule has 3 nitrogen and oxygen atoms in total. The predicted octanol–water partition coefficient (Wildman–Crippen LogP) is 4.71. The van der Waals surface area contributed by atoms with E-state index in [1.165, 1.54) is 63.6 Å². The molecule has 2 fully saturated rings. The van der Waals surface area contributed by atoms with Gasteiger partial charge in [-0.1, -0.05) is 38.3 Å². The van der Waals surface area contributed by atoms with E-state index in [-0.39, 0.29) is 5.91 Å². The van der Waals surface area contributed by atoms with Crippen LogP contribution in [0.15, 0.2) is 24.3 Å². The summed E-state index contributed by atoms with van der Waals surface area (Å²) in [5, 5.41) is 3.89. The summed E-state index contributed by atoms with van der Waals surface area (Å²) in [7, 11) is 0. The van der Waals surface area contributed by atoms with Gasteiger partial charge in [0, 0.05) is 29.7 Å². The second kappa shape index (κ2) is 10.4. The predicted molar refractivity (Wildman–Crippen MR) is 112 cm³/mol. The van der Waals surface area contributed by atoms with Gasteiger partial charge in [-0.15, -0.1) is 0 Å². The van der Waals surface area contributed by atoms with Crippen LogP contribution in [0.25, 0.3) is 0 Å². The first-order chi connectivity index (χ1) is 12.7. The first kappa shape index (κ1) is 19.8. The maximum absolute atomic E-state index is 12.3. The van der Waals surface area contributed by atoms with Crippen molar-refractivity contribution < 1.29 is 4.79 Å². The zero-order valence-corrected chi connectivity index (χ0v) is 17.0. The Morgan fingerprint density at radius 2 is 1.77 bits per heavy atom. The van der Waals surface area contributed by atoms with Crippen LogP contribution < -0.4 is 5.32 Å². The Kier molecular flexibility index (Phi) is 7.87. The molecule has 26 heavy (non-hydrogen) atoms. The fourth-order valence-electron chi connectivity index (χ4n) is 3.96. The Balaban J connectivity index is 1.36. The average Bonchev–Trinajstić information content (AvgIpc) is 2.68. The molecule has 144 valence electrons. The number of likely N-dealkylation sites (tertiary alicyclic amines) is 1. The zero-order valence-electron chi connectivity index (χ0n) is 16.2. The minimum absolute atomic E-state index is 0.0626. The fourth-order valence-corrected chi connectivity index (χ4v) is 5.18. The number of hydrogen-bond acceptors (Lipinski definition) is 3. The topological polar surface area (TPSA) is 32.3 Å². The molecule has 1 N–H and O–H groups in total. The van der Waals surface area contributed by atoms with Crippen molar-refractivity contribution in [1.29, 1.82) is 0 Å². The van der Waals surface area contributed by atoms with E-state index in [2.05, 4.69) is 29.3 Å². The van der Waals surface area contributed by atoms with E-state index in [1.807, 2.05) is 23.9 Å². The van der Waals surface area contributed by atoms with Crippen LogP contribution >= 0.6 is 11.8 Å². The number of piperidine rings is 1. The van der Waals surface area contributed by atoms with Gasteiger partial charge in [0.2, 0.25) is 0 Å². The van der Waals surface area contributed by atoms with Crippen LogP contribution in [-0.4, -0.2) is 41.4 Å². The number of thioether (sulfide) groups is 1. The number of amides is 1. The van der Waals surface area contributed by atoms with Gasteiger partial charge in [0.05, 0.1) is 0 Å². The van der Waals surface area contributed by atoms with Gasteiger partial charge in [-0.05, 0) is 62.4 Å². The van der Waals surface area contributed by atoms with Crippen molar-refractivity contribution in [2.75, 3.05) is 25.4 Å². The van der Waals surface area contributed by atoms with Crippen molar-refractivity contribution in [1.82, 2.24) is 10.2 Å². The second-order valence-electron chi connectivity index (χ2n) is 8.04. The summed E-state index contributed by atoms with van der Waals surface area (Å²) in [6.45, 7) is 6.52. The van der Waals surface area contributed by atoms with Gasteiger partial charge in [0.15, 0.2) is 0 Å². The Morgan fingerprint density at radius 1 is 1.08 bits per heavy atom. The van der Waals surface area contributed by atoms with Crippen molar-refractivity contribution in [3.8, 4) is 0 Å². The molecule has 0 atom stereocenters. The van der Waals surface area contributed by atoms with Crippen LogP contribution in [0.2, 0.25) is 0 Å². The van der Waals surface area contributed by atoms with Crippen molar-refractivity contribution in [2.45, 2.75) is 63.7 Å². The smallest absolute Gasteiger partial charge is 0.251 e. The van der Waals surface area contributed by atoms with Gasteiger partial charge in [-0.2, -0.15) is 11.8 Å². The van der Waals surface area contributed by atoms with E-state index < -0.39 is 0 Å². The summed E-state index contributed by atoms with van der Waals surface area (Å²) in [6.07, 6.45) is 9.49. The molecule has 1 aliphatic heterocycles. The molecule has 3 rings (SSSR count). The van der Waals surface area contributed by atoms with Gasteiger partial charge in [0.1, 0.15) is 0 Å². The minimum atomic E-state index is 0.0626. The number of hydrogen-bond donors (Lipinski definition) is 1. The highest BCUT2D eigenvalue weighted by Gasteiger charge is 2.16. The molecule has 0 radical (unpaired) electrons. The van der Waals surface area contributed by atoms with Gasteiger partial charge < -0.3 is 5.32 Å². The molecule has 1 aromatic rings. The fraction of sp³-hybridized carbons (Fsp3) is 0.682. The van der Waals surface area contributed by atoms with Crippen LogP contribution in [0.3, 0.4) is 0 Å². The summed E-state index contributed by atoms with van der Waals surface area (Å²) in [5.41, 5.74) is 2.09. The maximum atomic E-state index is 12.3. The highest BCUT2D eigenvalue weighted by atomic mass is 32.2. The van der Waals surface area contributed by atoms with Crippen LogP contribution in [-0.2, 0) is 6.54 Å². The molecule has 1 aromatic carbocycles. The number of nitrogens with one attached hydrogen (secondary N) is 1. The highest BCUT2D eigenvalue weighted by molar-refractivity contribution is 7.99. The summed E-state index contributed by atoms with van der Waals surface area (Å²) in [4.78, 5) is 14.8. The lowest BCUT2D eigenvalue weighted by Gasteiger charge is -2.30. The summed E-state index contributed by atoms with van der Waals surface area (Å²) in [6, 6.07) is 8.19. The third-order valence-corrected chi connectivity index (χ3v) is 7.17. The molecule has 1 amide bonds. The summed E-state index contributed by atoms with van der Waals surface area (Å²) in [5.74, 6) is 1.96. The SMILES string of the molecule is CC1CCN(Cc2ccc(C(=O)NCCSC3CCCCC3)cc2)CC1. The van der Waals surface area contributed by atoms with Crippen molar-refractivity contribution in [2.24, 2.45) is 5.92 Å². The second-order valence-corrected chi connectivity index (χ2v) is 9.45. The van der Waals surface area contributed by atoms with E-state index in [0.717, 1.165) is 35.6 Å². The molecule has 0 aromatic heterocycles. The van der Waals surface area contributed by atoms with Gasteiger partial charge in [-0.3, -0.25) is 9.69 Å². The lowest BCUT2D eigenvalue weighted by Crippen LogP contribution is -2.32. The molecule has 2 aliphatic rings. The third-order valence-electron chi connectivity index (χ3n) is 5.79. The van der Waals surface area contributed by atoms with Crippen LogP contribution in [0.5, 0.6) is 0 Å². The van der Waals surface area contributed by atoms with Crippen LogP contribution in [0.4, 0.5) is 0 Å². The van der Waals surface area contributed by atoms with E-state index >= 15 is 0 Å². The minimum Gasteiger partial charge on any atom is -0.351 e. The number of carbonyl (C=O) groups is 1. The lowest BCUT2D eigenvalue weighted by molar-refractivity contribution is 0.0956. The highest BCUT2D eigenvalue weighted by Crippen LogP contribution is 2.27. The standard InChI is InChI=1S/C22H34N2OS/c1-18-11-14-24(15-12-18)17-19-7-9-20(10-8-19)22(25)23-13-16-26-21-5-3-2-4-6-21/h7-10,18,21H,2-6,11-17H2,1H3,(H,23,25). The van der Waals surface area contributed by atoms with Crippen molar-refractivity contribution >= 4 is 17.7 Å². The van der Waals surface area contributed by atoms with E-state index in [4.69, 9.17) is 0 Å². The molecule has 0 bridgehead atoms.